The van der Waals surface area contributed by atoms with Crippen molar-refractivity contribution >= 4 is 12.4 Å². The van der Waals surface area contributed by atoms with Crippen LogP contribution >= 0.6 is 12.4 Å². The van der Waals surface area contributed by atoms with Gasteiger partial charge in [0.05, 0.1) is 13.7 Å². The van der Waals surface area contributed by atoms with Crippen LogP contribution in [0.15, 0.2) is 18.2 Å². The molecular formula is C18H32ClNO2. The lowest BCUT2D eigenvalue weighted by Crippen LogP contribution is -2.14. The molecule has 1 N–H and O–H groups in total. The third-order valence-electron chi connectivity index (χ3n) is 3.56. The molecular weight excluding hydrogens is 298 g/mol. The van der Waals surface area contributed by atoms with Crippen molar-refractivity contribution in [2.75, 3.05) is 20.3 Å². The smallest absolute Gasteiger partial charge is 0.161 e. The van der Waals surface area contributed by atoms with Gasteiger partial charge in [-0.25, -0.2) is 0 Å². The Balaban J connectivity index is 0.00000441. The summed E-state index contributed by atoms with van der Waals surface area (Å²) in [5.74, 6) is 1.63. The Bertz CT molecular complexity index is 385. The molecule has 0 saturated carbocycles. The summed E-state index contributed by atoms with van der Waals surface area (Å²) in [5, 5.41) is 3.50. The molecule has 0 radical (unpaired) electrons. The number of rotatable bonds is 12. The van der Waals surface area contributed by atoms with Crippen LogP contribution in [0.5, 0.6) is 11.5 Å². The molecule has 0 aliphatic heterocycles. The average Bonchev–Trinajstić information content (AvgIpc) is 2.50. The van der Waals surface area contributed by atoms with Gasteiger partial charge >= 0.3 is 0 Å². The van der Waals surface area contributed by atoms with Crippen LogP contribution in [0.3, 0.4) is 0 Å². The van der Waals surface area contributed by atoms with Gasteiger partial charge < -0.3 is 14.8 Å². The summed E-state index contributed by atoms with van der Waals surface area (Å²) >= 11 is 0. The van der Waals surface area contributed by atoms with Gasteiger partial charge in [-0.3, -0.25) is 0 Å². The third kappa shape index (κ3) is 8.50. The molecule has 4 heteroatoms. The molecule has 1 rings (SSSR count). The van der Waals surface area contributed by atoms with Gasteiger partial charge in [0.1, 0.15) is 0 Å². The summed E-state index contributed by atoms with van der Waals surface area (Å²) in [6.07, 6.45) is 8.04. The molecule has 0 atom stereocenters. The average molecular weight is 330 g/mol. The number of ether oxygens (including phenoxy) is 2. The summed E-state index contributed by atoms with van der Waals surface area (Å²) in [6.45, 7) is 6.88. The zero-order valence-electron chi connectivity index (χ0n) is 14.3. The van der Waals surface area contributed by atoms with Gasteiger partial charge in [-0.1, -0.05) is 45.1 Å². The maximum absolute atomic E-state index is 5.60. The van der Waals surface area contributed by atoms with Crippen molar-refractivity contribution in [1.29, 1.82) is 0 Å². The monoisotopic (exact) mass is 329 g/mol. The minimum absolute atomic E-state index is 0. The Kier molecular flexibility index (Phi) is 13.1. The normalized spacial score (nSPS) is 10.1. The van der Waals surface area contributed by atoms with E-state index in [0.717, 1.165) is 24.6 Å². The second kappa shape index (κ2) is 13.7. The van der Waals surface area contributed by atoms with Crippen LogP contribution in [0.1, 0.15) is 57.9 Å². The van der Waals surface area contributed by atoms with Gasteiger partial charge in [-0.05, 0) is 37.6 Å². The number of methoxy groups -OCH3 is 1. The van der Waals surface area contributed by atoms with Crippen molar-refractivity contribution in [3.63, 3.8) is 0 Å². The largest absolute Gasteiger partial charge is 0.493 e. The molecule has 22 heavy (non-hydrogen) atoms. The molecule has 0 spiro atoms. The van der Waals surface area contributed by atoms with Crippen LogP contribution < -0.4 is 14.8 Å². The van der Waals surface area contributed by atoms with E-state index in [2.05, 4.69) is 24.4 Å². The van der Waals surface area contributed by atoms with Gasteiger partial charge in [0, 0.05) is 6.54 Å². The topological polar surface area (TPSA) is 30.5 Å². The number of benzene rings is 1. The Morgan fingerprint density at radius 2 is 1.68 bits per heavy atom. The Hall–Kier alpha value is -0.930. The summed E-state index contributed by atoms with van der Waals surface area (Å²) in [5.41, 5.74) is 1.24. The summed E-state index contributed by atoms with van der Waals surface area (Å²) in [7, 11) is 1.67. The SMILES string of the molecule is CCCCCCCCNCc1ccc(OC)c(OCC)c1.Cl. The van der Waals surface area contributed by atoms with Crippen LogP contribution in [0, 0.1) is 0 Å². The first-order valence-electron chi connectivity index (χ1n) is 8.32. The minimum Gasteiger partial charge on any atom is -0.493 e. The summed E-state index contributed by atoms with van der Waals surface area (Å²) in [4.78, 5) is 0. The first-order chi connectivity index (χ1) is 10.3. The van der Waals surface area contributed by atoms with E-state index in [0.29, 0.717) is 6.61 Å². The Labute approximate surface area is 142 Å². The van der Waals surface area contributed by atoms with E-state index in [1.165, 1.54) is 44.1 Å². The molecule has 0 amide bonds. The van der Waals surface area contributed by atoms with Gasteiger partial charge in [-0.2, -0.15) is 0 Å². The number of unbranched alkanes of at least 4 members (excludes halogenated alkanes) is 5. The van der Waals surface area contributed by atoms with E-state index in [1.807, 2.05) is 13.0 Å². The highest BCUT2D eigenvalue weighted by Crippen LogP contribution is 2.27. The second-order valence-electron chi connectivity index (χ2n) is 5.36. The summed E-state index contributed by atoms with van der Waals surface area (Å²) < 4.78 is 10.9. The fraction of sp³-hybridized carbons (Fsp3) is 0.667. The molecule has 0 unspecified atom stereocenters. The zero-order chi connectivity index (χ0) is 15.3. The van der Waals surface area contributed by atoms with Crippen LogP contribution in [-0.2, 0) is 6.54 Å². The van der Waals surface area contributed by atoms with Gasteiger partial charge in [-0.15, -0.1) is 12.4 Å². The predicted octanol–water partition coefficient (Wildman–Crippen LogP) is 4.97. The standard InChI is InChI=1S/C18H31NO2.ClH/c1-4-6-7-8-9-10-13-19-15-16-11-12-17(20-3)18(14-16)21-5-2;/h11-12,14,19H,4-10,13,15H2,1-3H3;1H. The van der Waals surface area contributed by atoms with Crippen molar-refractivity contribution in [3.05, 3.63) is 23.8 Å². The first-order valence-corrected chi connectivity index (χ1v) is 8.32. The molecule has 0 bridgehead atoms. The fourth-order valence-corrected chi connectivity index (χ4v) is 2.36. The summed E-state index contributed by atoms with van der Waals surface area (Å²) in [6, 6.07) is 6.14. The van der Waals surface area contributed by atoms with Crippen LogP contribution in [0.4, 0.5) is 0 Å². The predicted molar refractivity (Wildman–Crippen MR) is 96.5 cm³/mol. The Morgan fingerprint density at radius 3 is 2.36 bits per heavy atom. The van der Waals surface area contributed by atoms with Crippen LogP contribution in [0.2, 0.25) is 0 Å². The minimum atomic E-state index is 0. The highest BCUT2D eigenvalue weighted by Gasteiger charge is 2.04. The number of hydrogen-bond donors (Lipinski definition) is 1. The third-order valence-corrected chi connectivity index (χ3v) is 3.56. The number of halogens is 1. The molecule has 3 nitrogen and oxygen atoms in total. The van der Waals surface area contributed by atoms with Crippen molar-refractivity contribution in [1.82, 2.24) is 5.32 Å². The van der Waals surface area contributed by atoms with Crippen LogP contribution in [-0.4, -0.2) is 20.3 Å². The molecule has 0 aliphatic rings. The number of hydrogen-bond acceptors (Lipinski definition) is 3. The zero-order valence-corrected chi connectivity index (χ0v) is 15.1. The molecule has 0 fully saturated rings. The lowest BCUT2D eigenvalue weighted by Gasteiger charge is -2.11. The van der Waals surface area contributed by atoms with E-state index >= 15 is 0 Å². The van der Waals surface area contributed by atoms with Gasteiger partial charge in [0.2, 0.25) is 0 Å². The molecule has 1 aromatic rings. The van der Waals surface area contributed by atoms with E-state index in [9.17, 15) is 0 Å². The van der Waals surface area contributed by atoms with Crippen molar-refractivity contribution in [2.24, 2.45) is 0 Å². The fourth-order valence-electron chi connectivity index (χ4n) is 2.36. The van der Waals surface area contributed by atoms with Crippen molar-refractivity contribution in [2.45, 2.75) is 58.9 Å². The van der Waals surface area contributed by atoms with E-state index in [4.69, 9.17) is 9.47 Å². The van der Waals surface area contributed by atoms with E-state index in [-0.39, 0.29) is 12.4 Å². The molecule has 0 heterocycles. The highest BCUT2D eigenvalue weighted by molar-refractivity contribution is 5.85. The molecule has 0 aromatic heterocycles. The van der Waals surface area contributed by atoms with Crippen molar-refractivity contribution < 1.29 is 9.47 Å². The van der Waals surface area contributed by atoms with Gasteiger partial charge in [0.25, 0.3) is 0 Å². The first kappa shape index (κ1) is 21.1. The second-order valence-corrected chi connectivity index (χ2v) is 5.36. The molecule has 1 aromatic carbocycles. The Morgan fingerprint density at radius 1 is 0.955 bits per heavy atom. The molecule has 0 aliphatic carbocycles. The lowest BCUT2D eigenvalue weighted by atomic mass is 10.1. The number of nitrogens with one attached hydrogen (secondary N) is 1. The lowest BCUT2D eigenvalue weighted by molar-refractivity contribution is 0.310. The quantitative estimate of drug-likeness (QED) is 0.549. The molecule has 0 saturated heterocycles. The maximum Gasteiger partial charge on any atom is 0.161 e. The van der Waals surface area contributed by atoms with Gasteiger partial charge in [0.15, 0.2) is 11.5 Å². The molecule has 128 valence electrons. The van der Waals surface area contributed by atoms with E-state index < -0.39 is 0 Å². The van der Waals surface area contributed by atoms with Crippen molar-refractivity contribution in [3.8, 4) is 11.5 Å². The van der Waals surface area contributed by atoms with E-state index in [1.54, 1.807) is 7.11 Å². The maximum atomic E-state index is 5.60. The highest BCUT2D eigenvalue weighted by atomic mass is 35.5. The van der Waals surface area contributed by atoms with Crippen LogP contribution in [0.25, 0.3) is 0 Å².